The second-order valence-electron chi connectivity index (χ2n) is 6.72. The van der Waals surface area contributed by atoms with E-state index >= 15 is 0 Å². The van der Waals surface area contributed by atoms with Crippen molar-refractivity contribution >= 4 is 21.9 Å². The first-order valence-electron chi connectivity index (χ1n) is 8.78. The molecule has 1 aliphatic carbocycles. The minimum absolute atomic E-state index is 0.101. The van der Waals surface area contributed by atoms with E-state index < -0.39 is 10.0 Å². The molecule has 0 fully saturated rings. The van der Waals surface area contributed by atoms with E-state index in [0.29, 0.717) is 6.42 Å². The van der Waals surface area contributed by atoms with Crippen molar-refractivity contribution in [2.75, 3.05) is 26.4 Å². The molecule has 0 aromatic carbocycles. The van der Waals surface area contributed by atoms with E-state index in [0.717, 1.165) is 30.8 Å². The molecule has 6 nitrogen and oxygen atoms in total. The van der Waals surface area contributed by atoms with Gasteiger partial charge in [0.15, 0.2) is 0 Å². The molecule has 7 heteroatoms. The quantitative estimate of drug-likeness (QED) is 0.651. The first-order chi connectivity index (χ1) is 11.9. The molecule has 0 bridgehead atoms. The molecule has 2 heterocycles. The van der Waals surface area contributed by atoms with Crippen molar-refractivity contribution in [3.05, 3.63) is 36.1 Å². The second-order valence-corrected chi connectivity index (χ2v) is 9.02. The van der Waals surface area contributed by atoms with Crippen LogP contribution in [0.5, 0.6) is 0 Å². The molecule has 0 aromatic heterocycles. The Morgan fingerprint density at radius 3 is 2.80 bits per heavy atom. The highest BCUT2D eigenvalue weighted by Crippen LogP contribution is 2.41. The monoisotopic (exact) mass is 362 g/mol. The van der Waals surface area contributed by atoms with Gasteiger partial charge in [-0.1, -0.05) is 19.1 Å². The zero-order chi connectivity index (χ0) is 18.1. The Morgan fingerprint density at radius 1 is 1.28 bits per heavy atom. The maximum Gasteiger partial charge on any atom is 0.213 e. The second kappa shape index (κ2) is 6.97. The summed E-state index contributed by atoms with van der Waals surface area (Å²) in [7, 11) is 0.0279. The molecule has 1 spiro atoms. The summed E-state index contributed by atoms with van der Waals surface area (Å²) in [5, 5.41) is 0. The number of hydrogen-bond acceptors (Lipinski definition) is 5. The number of aliphatic imine (C=N–C) groups is 2. The number of unbranched alkanes of at least 4 members (excludes halogenated alkanes) is 1. The number of nitrogens with zero attached hydrogens (tertiary/aromatic N) is 4. The Balaban J connectivity index is 1.74. The van der Waals surface area contributed by atoms with Crippen molar-refractivity contribution in [2.24, 2.45) is 9.98 Å². The number of sulfonamides is 1. The smallest absolute Gasteiger partial charge is 0.213 e. The van der Waals surface area contributed by atoms with Crippen LogP contribution in [-0.2, 0) is 10.0 Å². The summed E-state index contributed by atoms with van der Waals surface area (Å²) in [6, 6.07) is 0. The van der Waals surface area contributed by atoms with E-state index in [2.05, 4.69) is 29.0 Å². The Labute approximate surface area is 150 Å². The predicted molar refractivity (Wildman–Crippen MR) is 103 cm³/mol. The fourth-order valence-corrected chi connectivity index (χ4v) is 4.55. The Morgan fingerprint density at radius 2 is 2.08 bits per heavy atom. The minimum atomic E-state index is -3.14. The molecule has 2 atom stereocenters. The van der Waals surface area contributed by atoms with Crippen LogP contribution in [-0.4, -0.2) is 67.6 Å². The molecule has 0 saturated heterocycles. The molecular weight excluding hydrogens is 336 g/mol. The van der Waals surface area contributed by atoms with Crippen LogP contribution < -0.4 is 0 Å². The van der Waals surface area contributed by atoms with Crippen LogP contribution in [0.1, 0.15) is 26.2 Å². The van der Waals surface area contributed by atoms with Crippen LogP contribution in [0.15, 0.2) is 46.1 Å². The Kier molecular flexibility index (Phi) is 5.09. The van der Waals surface area contributed by atoms with E-state index in [-0.39, 0.29) is 17.5 Å². The molecular formula is C18H26N4O2S. The third kappa shape index (κ3) is 3.16. The zero-order valence-corrected chi connectivity index (χ0v) is 15.9. The van der Waals surface area contributed by atoms with Gasteiger partial charge in [0.2, 0.25) is 10.0 Å². The third-order valence-electron chi connectivity index (χ3n) is 5.00. The molecule has 3 aliphatic rings. The lowest BCUT2D eigenvalue weighted by atomic mass is 9.83. The van der Waals surface area contributed by atoms with Crippen LogP contribution >= 0.6 is 0 Å². The van der Waals surface area contributed by atoms with Crippen molar-refractivity contribution in [2.45, 2.75) is 37.9 Å². The molecule has 25 heavy (non-hydrogen) atoms. The number of allylic oxidation sites excluding steroid dienone is 3. The lowest BCUT2D eigenvalue weighted by Crippen LogP contribution is -2.53. The predicted octanol–water partition coefficient (Wildman–Crippen LogP) is 1.98. The van der Waals surface area contributed by atoms with E-state index in [1.807, 2.05) is 24.4 Å². The maximum absolute atomic E-state index is 11.9. The summed E-state index contributed by atoms with van der Waals surface area (Å²) in [4.78, 5) is 11.8. The van der Waals surface area contributed by atoms with E-state index in [9.17, 15) is 8.42 Å². The average Bonchev–Trinajstić information content (AvgIpc) is 2.90. The fraction of sp³-hybridized carbons (Fsp3) is 0.556. The number of rotatable bonds is 7. The molecule has 2 aliphatic heterocycles. The lowest BCUT2D eigenvalue weighted by Gasteiger charge is -2.41. The molecule has 3 rings (SSSR count). The van der Waals surface area contributed by atoms with Crippen molar-refractivity contribution in [1.82, 2.24) is 9.21 Å². The van der Waals surface area contributed by atoms with Crippen molar-refractivity contribution < 1.29 is 8.42 Å². The van der Waals surface area contributed by atoms with Crippen LogP contribution in [0.3, 0.4) is 0 Å². The lowest BCUT2D eigenvalue weighted by molar-refractivity contribution is 0.164. The van der Waals surface area contributed by atoms with Gasteiger partial charge in [0.05, 0.1) is 17.2 Å². The maximum atomic E-state index is 11.9. The summed E-state index contributed by atoms with van der Waals surface area (Å²) in [5.74, 6) is 0.182. The summed E-state index contributed by atoms with van der Waals surface area (Å²) in [6.07, 6.45) is 14.5. The standard InChI is InChI=1S/C18H26N4O2S/c1-4-17-20-16-10-7-9-15-18(16,11-8-12-19-15)22(17)13-5-6-14-25(23,24)21(2)3/h7-12,17H,4-6,13-14H2,1-3H3. The molecule has 0 saturated carbocycles. The van der Waals surface area contributed by atoms with Gasteiger partial charge >= 0.3 is 0 Å². The van der Waals surface area contributed by atoms with Crippen molar-refractivity contribution in [3.8, 4) is 0 Å². The van der Waals surface area contributed by atoms with Crippen LogP contribution in [0.4, 0.5) is 0 Å². The fourth-order valence-electron chi connectivity index (χ4n) is 3.62. The van der Waals surface area contributed by atoms with E-state index in [4.69, 9.17) is 4.99 Å². The van der Waals surface area contributed by atoms with Gasteiger partial charge < -0.3 is 0 Å². The van der Waals surface area contributed by atoms with Crippen LogP contribution in [0.25, 0.3) is 0 Å². The van der Waals surface area contributed by atoms with Gasteiger partial charge in [0, 0.05) is 26.9 Å². The molecule has 0 aromatic rings. The van der Waals surface area contributed by atoms with E-state index in [1.165, 1.54) is 4.31 Å². The highest BCUT2D eigenvalue weighted by molar-refractivity contribution is 7.89. The van der Waals surface area contributed by atoms with Gasteiger partial charge in [-0.25, -0.2) is 12.7 Å². The largest absolute Gasteiger partial charge is 0.268 e. The van der Waals surface area contributed by atoms with Gasteiger partial charge in [-0.3, -0.25) is 14.9 Å². The summed E-state index contributed by atoms with van der Waals surface area (Å²) < 4.78 is 25.2. The SMILES string of the molecule is CCC1N=C2C=CC=C3N=CC=CC32N1CCCCS(=O)(=O)N(C)C. The first kappa shape index (κ1) is 18.2. The van der Waals surface area contributed by atoms with Crippen molar-refractivity contribution in [1.29, 1.82) is 0 Å². The van der Waals surface area contributed by atoms with Gasteiger partial charge in [0.1, 0.15) is 11.7 Å². The highest BCUT2D eigenvalue weighted by atomic mass is 32.2. The summed E-state index contributed by atoms with van der Waals surface area (Å²) in [5.41, 5.74) is 1.64. The molecule has 0 amide bonds. The average molecular weight is 362 g/mol. The number of hydrogen-bond donors (Lipinski definition) is 0. The topological polar surface area (TPSA) is 65.3 Å². The Hall–Kier alpha value is -1.57. The Bertz CT molecular complexity index is 777. The third-order valence-corrected chi connectivity index (χ3v) is 6.92. The molecule has 0 N–H and O–H groups in total. The molecule has 0 radical (unpaired) electrons. The van der Waals surface area contributed by atoms with E-state index in [1.54, 1.807) is 14.1 Å². The molecule has 2 unspecified atom stereocenters. The van der Waals surface area contributed by atoms with Gasteiger partial charge in [-0.2, -0.15) is 0 Å². The zero-order valence-electron chi connectivity index (χ0n) is 15.1. The van der Waals surface area contributed by atoms with Gasteiger partial charge in [-0.05, 0) is 37.5 Å². The number of dihydropyridines is 1. The summed E-state index contributed by atoms with van der Waals surface area (Å²) in [6.45, 7) is 2.93. The first-order valence-corrected chi connectivity index (χ1v) is 10.4. The molecule has 136 valence electrons. The van der Waals surface area contributed by atoms with Gasteiger partial charge in [-0.15, -0.1) is 0 Å². The van der Waals surface area contributed by atoms with Gasteiger partial charge in [0.25, 0.3) is 0 Å². The normalized spacial score (nSPS) is 28.1. The minimum Gasteiger partial charge on any atom is -0.268 e. The van der Waals surface area contributed by atoms with Crippen LogP contribution in [0.2, 0.25) is 0 Å². The summed E-state index contributed by atoms with van der Waals surface area (Å²) >= 11 is 0. The van der Waals surface area contributed by atoms with Crippen LogP contribution in [0, 0.1) is 0 Å². The van der Waals surface area contributed by atoms with Crippen molar-refractivity contribution in [3.63, 3.8) is 0 Å². The highest BCUT2D eigenvalue weighted by Gasteiger charge is 2.50.